The molecule has 1 amide bonds. The summed E-state index contributed by atoms with van der Waals surface area (Å²) < 4.78 is 43.7. The first kappa shape index (κ1) is 24.9. The molecule has 7 nitrogen and oxygen atoms in total. The fourth-order valence-electron chi connectivity index (χ4n) is 4.59. The molecule has 1 aliphatic heterocycles. The summed E-state index contributed by atoms with van der Waals surface area (Å²) in [5.74, 6) is -0.489. The first-order chi connectivity index (χ1) is 17.7. The van der Waals surface area contributed by atoms with Crippen molar-refractivity contribution >= 4 is 17.2 Å². The van der Waals surface area contributed by atoms with Gasteiger partial charge in [-0.1, -0.05) is 12.1 Å². The van der Waals surface area contributed by atoms with Gasteiger partial charge >= 0.3 is 6.18 Å². The van der Waals surface area contributed by atoms with Crippen LogP contribution in [0, 0.1) is 6.92 Å². The number of carbonyl (C=O) groups excluding carboxylic acids is 1. The van der Waals surface area contributed by atoms with E-state index in [1.807, 2.05) is 29.3 Å². The fraction of sp³-hybridized carbons (Fsp3) is 0.296. The summed E-state index contributed by atoms with van der Waals surface area (Å²) in [6.07, 6.45) is 2.25. The molecule has 1 aliphatic rings. The number of amides is 1. The number of rotatable bonds is 5. The van der Waals surface area contributed by atoms with Crippen molar-refractivity contribution in [2.75, 3.05) is 38.5 Å². The van der Waals surface area contributed by atoms with Crippen LogP contribution >= 0.6 is 0 Å². The smallest absolute Gasteiger partial charge is 0.322 e. The van der Waals surface area contributed by atoms with E-state index in [2.05, 4.69) is 20.2 Å². The summed E-state index contributed by atoms with van der Waals surface area (Å²) in [6, 6.07) is 9.21. The average Bonchev–Trinajstić information content (AvgIpc) is 3.30. The number of halogens is 3. The second-order valence-corrected chi connectivity index (χ2v) is 9.38. The molecule has 1 saturated heterocycles. The van der Waals surface area contributed by atoms with Crippen molar-refractivity contribution in [1.29, 1.82) is 0 Å². The van der Waals surface area contributed by atoms with Gasteiger partial charge in [0.2, 0.25) is 0 Å². The van der Waals surface area contributed by atoms with Gasteiger partial charge in [-0.2, -0.15) is 13.2 Å². The normalized spacial score (nSPS) is 15.3. The van der Waals surface area contributed by atoms with Crippen molar-refractivity contribution in [3.8, 4) is 11.3 Å². The van der Waals surface area contributed by atoms with Gasteiger partial charge in [-0.15, -0.1) is 0 Å². The van der Waals surface area contributed by atoms with Gasteiger partial charge < -0.3 is 10.2 Å². The first-order valence-electron chi connectivity index (χ1n) is 12.0. The zero-order valence-electron chi connectivity index (χ0n) is 20.6. The molecule has 0 aliphatic carbocycles. The number of alkyl halides is 3. The third kappa shape index (κ3) is 5.35. The molecule has 5 rings (SSSR count). The number of aromatic nitrogens is 3. The van der Waals surface area contributed by atoms with E-state index >= 15 is 0 Å². The molecule has 0 bridgehead atoms. The summed E-state index contributed by atoms with van der Waals surface area (Å²) in [6.45, 7) is 5.20. The molecule has 2 aromatic carbocycles. The molecule has 0 atom stereocenters. The fourth-order valence-corrected chi connectivity index (χ4v) is 4.59. The van der Waals surface area contributed by atoms with E-state index < -0.39 is 17.6 Å². The van der Waals surface area contributed by atoms with Gasteiger partial charge in [0.05, 0.1) is 23.7 Å². The average molecular weight is 509 g/mol. The zero-order chi connectivity index (χ0) is 26.2. The Bertz CT molecular complexity index is 1440. The van der Waals surface area contributed by atoms with Crippen molar-refractivity contribution in [2.45, 2.75) is 19.6 Å². The first-order valence-corrected chi connectivity index (χ1v) is 12.0. The van der Waals surface area contributed by atoms with E-state index in [9.17, 15) is 18.0 Å². The lowest BCUT2D eigenvalue weighted by Crippen LogP contribution is -2.44. The van der Waals surface area contributed by atoms with Gasteiger partial charge in [-0.05, 0) is 49.4 Å². The Hall–Kier alpha value is -3.76. The zero-order valence-corrected chi connectivity index (χ0v) is 20.6. The standard InChI is InChI=1S/C27H27F3N6O/c1-18-3-4-19(13-22(18)24-15-32-25-16-31-7-8-36(24)25)26(37)33-21-6-5-20(23(14-21)27(28,29)30)17-35-11-9-34(2)10-12-35/h3-8,13-16H,9-12,17H2,1-2H3,(H,33,37). The Morgan fingerprint density at radius 2 is 1.84 bits per heavy atom. The third-order valence-electron chi connectivity index (χ3n) is 6.76. The largest absolute Gasteiger partial charge is 0.416 e. The predicted octanol–water partition coefficient (Wildman–Crippen LogP) is 4.72. The molecule has 3 heterocycles. The van der Waals surface area contributed by atoms with Crippen molar-refractivity contribution in [3.63, 3.8) is 0 Å². The molecule has 10 heteroatoms. The lowest BCUT2D eigenvalue weighted by molar-refractivity contribution is -0.138. The van der Waals surface area contributed by atoms with Crippen LogP contribution in [0.25, 0.3) is 16.9 Å². The van der Waals surface area contributed by atoms with Crippen molar-refractivity contribution in [1.82, 2.24) is 24.2 Å². The van der Waals surface area contributed by atoms with Gasteiger partial charge in [0.15, 0.2) is 5.65 Å². The molecule has 0 unspecified atom stereocenters. The van der Waals surface area contributed by atoms with Gasteiger partial charge in [-0.25, -0.2) is 4.98 Å². The van der Waals surface area contributed by atoms with Crippen molar-refractivity contribution in [2.24, 2.45) is 0 Å². The maximum absolute atomic E-state index is 13.9. The van der Waals surface area contributed by atoms with E-state index in [4.69, 9.17) is 0 Å². The Morgan fingerprint density at radius 1 is 1.05 bits per heavy atom. The second kappa shape index (κ2) is 9.95. The summed E-state index contributed by atoms with van der Waals surface area (Å²) >= 11 is 0. The number of fused-ring (bicyclic) bond motifs is 1. The number of hydrogen-bond donors (Lipinski definition) is 1. The maximum atomic E-state index is 13.9. The SMILES string of the molecule is Cc1ccc(C(=O)Nc2ccc(CN3CCN(C)CC3)c(C(F)(F)F)c2)cc1-c1cnc2cnccn12. The summed E-state index contributed by atoms with van der Waals surface area (Å²) in [5, 5.41) is 2.64. The van der Waals surface area contributed by atoms with Gasteiger partial charge in [-0.3, -0.25) is 19.1 Å². The van der Waals surface area contributed by atoms with E-state index in [0.29, 0.717) is 24.3 Å². The van der Waals surface area contributed by atoms with E-state index in [1.165, 1.54) is 12.1 Å². The molecule has 37 heavy (non-hydrogen) atoms. The number of aryl methyl sites for hydroxylation is 1. The van der Waals surface area contributed by atoms with Gasteiger partial charge in [0.1, 0.15) is 0 Å². The maximum Gasteiger partial charge on any atom is 0.416 e. The topological polar surface area (TPSA) is 65.8 Å². The van der Waals surface area contributed by atoms with Crippen LogP contribution in [0.15, 0.2) is 61.2 Å². The second-order valence-electron chi connectivity index (χ2n) is 9.38. The van der Waals surface area contributed by atoms with Crippen molar-refractivity contribution in [3.05, 3.63) is 83.4 Å². The summed E-state index contributed by atoms with van der Waals surface area (Å²) in [5.41, 5.74) is 3.10. The highest BCUT2D eigenvalue weighted by molar-refractivity contribution is 6.05. The Morgan fingerprint density at radius 3 is 2.59 bits per heavy atom. The predicted molar refractivity (Wildman–Crippen MR) is 135 cm³/mol. The number of carbonyl (C=O) groups is 1. The number of imidazole rings is 1. The molecule has 0 saturated carbocycles. The van der Waals surface area contributed by atoms with Crippen LogP contribution in [-0.4, -0.2) is 63.3 Å². The molecule has 0 radical (unpaired) electrons. The highest BCUT2D eigenvalue weighted by Gasteiger charge is 2.34. The third-order valence-corrected chi connectivity index (χ3v) is 6.76. The van der Waals surface area contributed by atoms with Crippen LogP contribution in [0.1, 0.15) is 27.0 Å². The lowest BCUT2D eigenvalue weighted by atomic mass is 10.0. The molecular weight excluding hydrogens is 481 g/mol. The number of nitrogens with zero attached hydrogens (tertiary/aromatic N) is 5. The van der Waals surface area contributed by atoms with E-state index in [-0.39, 0.29) is 17.8 Å². The minimum Gasteiger partial charge on any atom is -0.322 e. The molecular formula is C27H27F3N6O. The van der Waals surface area contributed by atoms with Crippen LogP contribution in [-0.2, 0) is 12.7 Å². The number of benzene rings is 2. The lowest BCUT2D eigenvalue weighted by Gasteiger charge is -2.33. The number of likely N-dealkylation sites (N-methyl/N-ethyl adjacent to an activating group) is 1. The summed E-state index contributed by atoms with van der Waals surface area (Å²) in [4.78, 5) is 25.7. The highest BCUT2D eigenvalue weighted by Crippen LogP contribution is 2.35. The molecule has 0 spiro atoms. The molecule has 2 aromatic heterocycles. The molecule has 192 valence electrons. The van der Waals surface area contributed by atoms with Crippen LogP contribution in [0.5, 0.6) is 0 Å². The summed E-state index contributed by atoms with van der Waals surface area (Å²) in [7, 11) is 2.00. The number of anilines is 1. The van der Waals surface area contributed by atoms with E-state index in [0.717, 1.165) is 36.0 Å². The molecule has 1 fully saturated rings. The quantitative estimate of drug-likeness (QED) is 0.423. The van der Waals surface area contributed by atoms with Crippen LogP contribution in [0.4, 0.5) is 18.9 Å². The van der Waals surface area contributed by atoms with Crippen LogP contribution in [0.2, 0.25) is 0 Å². The number of hydrogen-bond acceptors (Lipinski definition) is 5. The number of nitrogens with one attached hydrogen (secondary N) is 1. The minimum atomic E-state index is -4.53. The molecule has 4 aromatic rings. The van der Waals surface area contributed by atoms with Gasteiger partial charge in [0, 0.05) is 61.9 Å². The number of piperazine rings is 1. The monoisotopic (exact) mass is 508 g/mol. The Balaban J connectivity index is 1.39. The van der Waals surface area contributed by atoms with Gasteiger partial charge in [0.25, 0.3) is 5.91 Å². The van der Waals surface area contributed by atoms with Crippen molar-refractivity contribution < 1.29 is 18.0 Å². The minimum absolute atomic E-state index is 0.0995. The Kier molecular flexibility index (Phi) is 6.70. The van der Waals surface area contributed by atoms with Crippen LogP contribution in [0.3, 0.4) is 0 Å². The van der Waals surface area contributed by atoms with E-state index in [1.54, 1.807) is 36.9 Å². The Labute approximate surface area is 212 Å². The van der Waals surface area contributed by atoms with Crippen LogP contribution < -0.4 is 5.32 Å². The molecule has 1 N–H and O–H groups in total. The highest BCUT2D eigenvalue weighted by atomic mass is 19.4.